The van der Waals surface area contributed by atoms with Crippen LogP contribution in [0.5, 0.6) is 11.5 Å². The fourth-order valence-corrected chi connectivity index (χ4v) is 2.24. The van der Waals surface area contributed by atoms with E-state index in [0.29, 0.717) is 35.9 Å². The van der Waals surface area contributed by atoms with Gasteiger partial charge in [0, 0.05) is 17.3 Å². The second-order valence-electron chi connectivity index (χ2n) is 5.22. The molecule has 0 bridgehead atoms. The third-order valence-electron chi connectivity index (χ3n) is 3.48. The lowest BCUT2D eigenvalue weighted by molar-refractivity contribution is 0.102. The molecule has 25 heavy (non-hydrogen) atoms. The smallest absolute Gasteiger partial charge is 0.255 e. The van der Waals surface area contributed by atoms with E-state index in [1.54, 1.807) is 48.5 Å². The Kier molecular flexibility index (Phi) is 5.26. The number of nitrogens with one attached hydrogen (secondary N) is 1. The van der Waals surface area contributed by atoms with E-state index in [-0.39, 0.29) is 5.91 Å². The van der Waals surface area contributed by atoms with Crippen molar-refractivity contribution >= 4 is 11.6 Å². The number of hydrogen-bond donors (Lipinski definition) is 1. The highest BCUT2D eigenvalue weighted by atomic mass is 16.5. The number of rotatable bonds is 7. The summed E-state index contributed by atoms with van der Waals surface area (Å²) in [4.78, 5) is 16.2. The van der Waals surface area contributed by atoms with Gasteiger partial charge in [-0.25, -0.2) is 9.67 Å². The predicted molar refractivity (Wildman–Crippen MR) is 92.9 cm³/mol. The highest BCUT2D eigenvalue weighted by molar-refractivity contribution is 6.04. The maximum atomic E-state index is 12.3. The van der Waals surface area contributed by atoms with Crippen molar-refractivity contribution in [1.82, 2.24) is 14.8 Å². The molecule has 2 aromatic carbocycles. The van der Waals surface area contributed by atoms with Crippen LogP contribution in [0.1, 0.15) is 10.4 Å². The first-order valence-electron chi connectivity index (χ1n) is 7.75. The van der Waals surface area contributed by atoms with Crippen molar-refractivity contribution in [3.63, 3.8) is 0 Å². The molecule has 128 valence electrons. The summed E-state index contributed by atoms with van der Waals surface area (Å²) in [5.41, 5.74) is 1.18. The fourth-order valence-electron chi connectivity index (χ4n) is 2.24. The summed E-state index contributed by atoms with van der Waals surface area (Å²) in [7, 11) is 1.57. The molecular weight excluding hydrogens is 320 g/mol. The topological polar surface area (TPSA) is 78.3 Å². The van der Waals surface area contributed by atoms with Gasteiger partial charge < -0.3 is 14.8 Å². The summed E-state index contributed by atoms with van der Waals surface area (Å²) in [5.74, 6) is 1.10. The number of methoxy groups -OCH3 is 1. The molecule has 0 unspecified atom stereocenters. The summed E-state index contributed by atoms with van der Waals surface area (Å²) >= 11 is 0. The molecule has 0 atom stereocenters. The van der Waals surface area contributed by atoms with Gasteiger partial charge in [0.25, 0.3) is 5.91 Å². The van der Waals surface area contributed by atoms with Crippen LogP contribution < -0.4 is 14.8 Å². The Morgan fingerprint density at radius 3 is 2.80 bits per heavy atom. The van der Waals surface area contributed by atoms with Gasteiger partial charge in [-0.2, -0.15) is 5.10 Å². The van der Waals surface area contributed by atoms with Gasteiger partial charge in [-0.3, -0.25) is 4.79 Å². The zero-order chi connectivity index (χ0) is 17.5. The first kappa shape index (κ1) is 16.5. The molecule has 1 N–H and O–H groups in total. The standard InChI is InChI=1S/C18H18N4O3/c1-24-16-6-2-4-14(10-16)18(23)21-15-5-3-7-17(11-15)25-9-8-22-13-19-12-20-22/h2-7,10-13H,8-9H2,1H3,(H,21,23). The van der Waals surface area contributed by atoms with Gasteiger partial charge in [0.2, 0.25) is 0 Å². The van der Waals surface area contributed by atoms with Crippen molar-refractivity contribution in [2.45, 2.75) is 6.54 Å². The number of hydrogen-bond acceptors (Lipinski definition) is 5. The second-order valence-corrected chi connectivity index (χ2v) is 5.22. The van der Waals surface area contributed by atoms with Crippen LogP contribution in [0.4, 0.5) is 5.69 Å². The van der Waals surface area contributed by atoms with Crippen molar-refractivity contribution in [1.29, 1.82) is 0 Å². The molecule has 3 rings (SSSR count). The SMILES string of the molecule is COc1cccc(C(=O)Nc2cccc(OCCn3cncn3)c2)c1. The van der Waals surface area contributed by atoms with Crippen LogP contribution in [0.15, 0.2) is 61.2 Å². The van der Waals surface area contributed by atoms with Crippen LogP contribution in [0, 0.1) is 0 Å². The van der Waals surface area contributed by atoms with Crippen molar-refractivity contribution in [3.05, 3.63) is 66.7 Å². The molecule has 0 aliphatic heterocycles. The summed E-state index contributed by atoms with van der Waals surface area (Å²) < 4.78 is 12.5. The van der Waals surface area contributed by atoms with Crippen molar-refractivity contribution in [2.75, 3.05) is 19.0 Å². The van der Waals surface area contributed by atoms with Gasteiger partial charge in [-0.05, 0) is 30.3 Å². The lowest BCUT2D eigenvalue weighted by Gasteiger charge is -2.10. The van der Waals surface area contributed by atoms with E-state index in [4.69, 9.17) is 9.47 Å². The van der Waals surface area contributed by atoms with Crippen LogP contribution in [-0.2, 0) is 6.54 Å². The summed E-state index contributed by atoms with van der Waals surface area (Å²) in [6.07, 6.45) is 3.11. The highest BCUT2D eigenvalue weighted by Gasteiger charge is 2.08. The molecule has 0 aliphatic rings. The van der Waals surface area contributed by atoms with Crippen LogP contribution >= 0.6 is 0 Å². The zero-order valence-electron chi connectivity index (χ0n) is 13.8. The monoisotopic (exact) mass is 338 g/mol. The third kappa shape index (κ3) is 4.57. The first-order chi connectivity index (χ1) is 12.2. The predicted octanol–water partition coefficient (Wildman–Crippen LogP) is 2.62. The maximum Gasteiger partial charge on any atom is 0.255 e. The molecule has 0 spiro atoms. The Morgan fingerprint density at radius 2 is 2.00 bits per heavy atom. The molecule has 7 heteroatoms. The van der Waals surface area contributed by atoms with Crippen LogP contribution in [-0.4, -0.2) is 34.4 Å². The molecule has 0 saturated carbocycles. The van der Waals surface area contributed by atoms with Gasteiger partial charge in [0.1, 0.15) is 30.8 Å². The average Bonchev–Trinajstić information content (AvgIpc) is 3.15. The van der Waals surface area contributed by atoms with Crippen molar-refractivity contribution in [2.24, 2.45) is 0 Å². The second kappa shape index (κ2) is 7.96. The number of ether oxygens (including phenoxy) is 2. The number of amides is 1. The molecule has 0 fully saturated rings. The largest absolute Gasteiger partial charge is 0.497 e. The Labute approximate surface area is 145 Å². The van der Waals surface area contributed by atoms with Gasteiger partial charge in [-0.1, -0.05) is 12.1 Å². The first-order valence-corrected chi connectivity index (χ1v) is 7.75. The van der Waals surface area contributed by atoms with E-state index in [1.165, 1.54) is 6.33 Å². The minimum Gasteiger partial charge on any atom is -0.497 e. The average molecular weight is 338 g/mol. The Morgan fingerprint density at radius 1 is 1.16 bits per heavy atom. The Bertz CT molecular complexity index is 834. The molecule has 0 radical (unpaired) electrons. The zero-order valence-corrected chi connectivity index (χ0v) is 13.8. The number of aromatic nitrogens is 3. The van der Waals surface area contributed by atoms with Gasteiger partial charge in [0.05, 0.1) is 13.7 Å². The van der Waals surface area contributed by atoms with Crippen molar-refractivity contribution < 1.29 is 14.3 Å². The Hall–Kier alpha value is -3.35. The molecule has 0 saturated heterocycles. The van der Waals surface area contributed by atoms with Crippen LogP contribution in [0.2, 0.25) is 0 Å². The van der Waals surface area contributed by atoms with Gasteiger partial charge in [0.15, 0.2) is 0 Å². The van der Waals surface area contributed by atoms with Crippen molar-refractivity contribution in [3.8, 4) is 11.5 Å². The minimum absolute atomic E-state index is 0.210. The quantitative estimate of drug-likeness (QED) is 0.716. The molecule has 1 heterocycles. The number of benzene rings is 2. The van der Waals surface area contributed by atoms with E-state index in [2.05, 4.69) is 15.4 Å². The molecule has 1 aromatic heterocycles. The van der Waals surface area contributed by atoms with E-state index >= 15 is 0 Å². The Balaban J connectivity index is 1.59. The summed E-state index contributed by atoms with van der Waals surface area (Å²) in [5, 5.41) is 6.86. The molecule has 7 nitrogen and oxygen atoms in total. The lowest BCUT2D eigenvalue weighted by Crippen LogP contribution is -2.12. The number of carbonyl (C=O) groups is 1. The van der Waals surface area contributed by atoms with Crippen LogP contribution in [0.25, 0.3) is 0 Å². The summed E-state index contributed by atoms with van der Waals surface area (Å²) in [6, 6.07) is 14.2. The number of carbonyl (C=O) groups excluding carboxylic acids is 1. The van der Waals surface area contributed by atoms with E-state index in [9.17, 15) is 4.79 Å². The van der Waals surface area contributed by atoms with E-state index < -0.39 is 0 Å². The minimum atomic E-state index is -0.210. The number of nitrogens with zero attached hydrogens (tertiary/aromatic N) is 3. The molecule has 3 aromatic rings. The highest BCUT2D eigenvalue weighted by Crippen LogP contribution is 2.19. The van der Waals surface area contributed by atoms with E-state index in [1.807, 2.05) is 18.2 Å². The van der Waals surface area contributed by atoms with Gasteiger partial charge >= 0.3 is 0 Å². The van der Waals surface area contributed by atoms with Crippen LogP contribution in [0.3, 0.4) is 0 Å². The molecule has 1 amide bonds. The van der Waals surface area contributed by atoms with Gasteiger partial charge in [-0.15, -0.1) is 0 Å². The number of anilines is 1. The summed E-state index contributed by atoms with van der Waals surface area (Å²) in [6.45, 7) is 1.05. The van der Waals surface area contributed by atoms with E-state index in [0.717, 1.165) is 0 Å². The molecule has 0 aliphatic carbocycles. The maximum absolute atomic E-state index is 12.3. The fraction of sp³-hybridized carbons (Fsp3) is 0.167. The lowest BCUT2D eigenvalue weighted by atomic mass is 10.2. The molecular formula is C18H18N4O3. The normalized spacial score (nSPS) is 10.3. The third-order valence-corrected chi connectivity index (χ3v) is 3.48.